The van der Waals surface area contributed by atoms with E-state index in [0.29, 0.717) is 12.6 Å². The van der Waals surface area contributed by atoms with E-state index in [1.807, 2.05) is 0 Å². The van der Waals surface area contributed by atoms with Crippen LogP contribution >= 0.6 is 0 Å². The molecule has 1 saturated heterocycles. The van der Waals surface area contributed by atoms with E-state index in [2.05, 4.69) is 37.2 Å². The molecular weight excluding hydrogens is 244 g/mol. The second kappa shape index (κ2) is 7.20. The Morgan fingerprint density at radius 1 is 1.32 bits per heavy atom. The average Bonchev–Trinajstić information content (AvgIpc) is 2.48. The molecule has 1 N–H and O–H groups in total. The van der Waals surface area contributed by atoms with Crippen LogP contribution in [-0.4, -0.2) is 73.1 Å². The van der Waals surface area contributed by atoms with Gasteiger partial charge in [0.05, 0.1) is 12.8 Å². The summed E-state index contributed by atoms with van der Waals surface area (Å²) < 4.78 is 4.99. The highest BCUT2D eigenvalue weighted by Gasteiger charge is 2.18. The zero-order valence-corrected chi connectivity index (χ0v) is 11.7. The molecular formula is C12H22N6O. The van der Waals surface area contributed by atoms with Gasteiger partial charge in [0.2, 0.25) is 5.95 Å². The summed E-state index contributed by atoms with van der Waals surface area (Å²) in [5.41, 5.74) is 0. The summed E-state index contributed by atoms with van der Waals surface area (Å²) in [4.78, 5) is 9.09. The minimum absolute atomic E-state index is 0.647. The summed E-state index contributed by atoms with van der Waals surface area (Å²) in [7, 11) is 1.68. The fourth-order valence-electron chi connectivity index (χ4n) is 2.06. The van der Waals surface area contributed by atoms with Gasteiger partial charge in [-0.1, -0.05) is 6.92 Å². The SMILES string of the molecule is CCN1CCN(c2nncc(NCCOC)n2)CC1. The molecule has 1 aromatic heterocycles. The topological polar surface area (TPSA) is 66.4 Å². The minimum Gasteiger partial charge on any atom is -0.383 e. The number of hydrogen-bond donors (Lipinski definition) is 1. The predicted molar refractivity (Wildman–Crippen MR) is 74.5 cm³/mol. The van der Waals surface area contributed by atoms with Gasteiger partial charge in [-0.25, -0.2) is 0 Å². The first-order chi connectivity index (χ1) is 9.33. The molecule has 0 aliphatic carbocycles. The van der Waals surface area contributed by atoms with Crippen molar-refractivity contribution in [3.8, 4) is 0 Å². The highest BCUT2D eigenvalue weighted by molar-refractivity contribution is 5.39. The number of anilines is 2. The quantitative estimate of drug-likeness (QED) is 0.731. The Hall–Kier alpha value is -1.47. The van der Waals surface area contributed by atoms with E-state index in [1.165, 1.54) is 0 Å². The molecule has 0 saturated carbocycles. The van der Waals surface area contributed by atoms with Crippen molar-refractivity contribution in [2.45, 2.75) is 6.92 Å². The Kier molecular flexibility index (Phi) is 5.29. The largest absolute Gasteiger partial charge is 0.383 e. The third-order valence-electron chi connectivity index (χ3n) is 3.26. The molecule has 0 spiro atoms. The van der Waals surface area contributed by atoms with Crippen molar-refractivity contribution in [1.82, 2.24) is 20.1 Å². The number of ether oxygens (including phenoxy) is 1. The normalized spacial score (nSPS) is 16.6. The first-order valence-electron chi connectivity index (χ1n) is 6.73. The van der Waals surface area contributed by atoms with Gasteiger partial charge in [-0.3, -0.25) is 0 Å². The van der Waals surface area contributed by atoms with E-state index in [-0.39, 0.29) is 0 Å². The van der Waals surface area contributed by atoms with E-state index in [9.17, 15) is 0 Å². The van der Waals surface area contributed by atoms with Gasteiger partial charge in [0.25, 0.3) is 0 Å². The maximum atomic E-state index is 4.99. The van der Waals surface area contributed by atoms with Crippen LogP contribution in [0.15, 0.2) is 6.20 Å². The van der Waals surface area contributed by atoms with Gasteiger partial charge in [0.1, 0.15) is 0 Å². The van der Waals surface area contributed by atoms with E-state index in [4.69, 9.17) is 4.74 Å². The van der Waals surface area contributed by atoms with Gasteiger partial charge < -0.3 is 19.9 Å². The summed E-state index contributed by atoms with van der Waals surface area (Å²) in [5, 5.41) is 11.3. The molecule has 1 fully saturated rings. The highest BCUT2D eigenvalue weighted by atomic mass is 16.5. The number of nitrogens with one attached hydrogen (secondary N) is 1. The minimum atomic E-state index is 0.647. The molecule has 7 heteroatoms. The molecule has 7 nitrogen and oxygen atoms in total. The Labute approximate surface area is 114 Å². The van der Waals surface area contributed by atoms with Gasteiger partial charge in [0, 0.05) is 39.8 Å². The monoisotopic (exact) mass is 266 g/mol. The summed E-state index contributed by atoms with van der Waals surface area (Å²) >= 11 is 0. The van der Waals surface area contributed by atoms with E-state index < -0.39 is 0 Å². The van der Waals surface area contributed by atoms with Crippen LogP contribution < -0.4 is 10.2 Å². The lowest BCUT2D eigenvalue weighted by Gasteiger charge is -2.33. The summed E-state index contributed by atoms with van der Waals surface area (Å²) in [6.07, 6.45) is 1.64. The standard InChI is InChI=1S/C12H22N6O/c1-3-17-5-7-18(8-6-17)12-15-11(10-14-16-12)13-4-9-19-2/h10H,3-9H2,1-2H3,(H,13,15,16). The molecule has 19 heavy (non-hydrogen) atoms. The lowest BCUT2D eigenvalue weighted by Crippen LogP contribution is -2.46. The fourth-order valence-corrected chi connectivity index (χ4v) is 2.06. The molecule has 0 aromatic carbocycles. The number of nitrogens with zero attached hydrogens (tertiary/aromatic N) is 5. The van der Waals surface area contributed by atoms with Crippen molar-refractivity contribution < 1.29 is 4.74 Å². The molecule has 0 atom stereocenters. The third-order valence-corrected chi connectivity index (χ3v) is 3.26. The molecule has 1 aromatic rings. The van der Waals surface area contributed by atoms with E-state index in [0.717, 1.165) is 45.1 Å². The number of rotatable bonds is 6. The molecule has 0 radical (unpaired) electrons. The van der Waals surface area contributed by atoms with E-state index in [1.54, 1.807) is 13.3 Å². The zero-order chi connectivity index (χ0) is 13.5. The Morgan fingerprint density at radius 2 is 2.11 bits per heavy atom. The first-order valence-corrected chi connectivity index (χ1v) is 6.73. The summed E-state index contributed by atoms with van der Waals surface area (Å²) in [5.74, 6) is 1.46. The van der Waals surface area contributed by atoms with Gasteiger partial charge in [-0.05, 0) is 6.54 Å². The molecule has 2 heterocycles. The molecule has 106 valence electrons. The van der Waals surface area contributed by atoms with Crippen LogP contribution in [-0.2, 0) is 4.74 Å². The number of methoxy groups -OCH3 is 1. The summed E-state index contributed by atoms with van der Waals surface area (Å²) in [6, 6.07) is 0. The van der Waals surface area contributed by atoms with Gasteiger partial charge in [0.15, 0.2) is 5.82 Å². The third kappa shape index (κ3) is 4.00. The molecule has 1 aliphatic heterocycles. The highest BCUT2D eigenvalue weighted by Crippen LogP contribution is 2.11. The maximum Gasteiger partial charge on any atom is 0.247 e. The van der Waals surface area contributed by atoms with Crippen molar-refractivity contribution in [2.24, 2.45) is 0 Å². The fraction of sp³-hybridized carbons (Fsp3) is 0.750. The lowest BCUT2D eigenvalue weighted by atomic mass is 10.3. The second-order valence-electron chi connectivity index (χ2n) is 4.48. The van der Waals surface area contributed by atoms with E-state index >= 15 is 0 Å². The molecule has 0 amide bonds. The lowest BCUT2D eigenvalue weighted by molar-refractivity contribution is 0.210. The van der Waals surface area contributed by atoms with Crippen LogP contribution in [0, 0.1) is 0 Å². The maximum absolute atomic E-state index is 4.99. The molecule has 2 rings (SSSR count). The van der Waals surface area contributed by atoms with Crippen LogP contribution in [0.5, 0.6) is 0 Å². The van der Waals surface area contributed by atoms with Gasteiger partial charge >= 0.3 is 0 Å². The average molecular weight is 266 g/mol. The predicted octanol–water partition coefficient (Wildman–Crippen LogP) is 0.0718. The van der Waals surface area contributed by atoms with Crippen LogP contribution in [0.4, 0.5) is 11.8 Å². The number of likely N-dealkylation sites (N-methyl/N-ethyl adjacent to an activating group) is 1. The number of aromatic nitrogens is 3. The second-order valence-corrected chi connectivity index (χ2v) is 4.48. The Bertz CT molecular complexity index is 380. The Balaban J connectivity index is 1.91. The Morgan fingerprint density at radius 3 is 2.79 bits per heavy atom. The van der Waals surface area contributed by atoms with Crippen LogP contribution in [0.1, 0.15) is 6.92 Å². The number of piperazine rings is 1. The summed E-state index contributed by atoms with van der Waals surface area (Å²) in [6.45, 7) is 8.68. The van der Waals surface area contributed by atoms with Crippen molar-refractivity contribution >= 4 is 11.8 Å². The van der Waals surface area contributed by atoms with Crippen molar-refractivity contribution in [1.29, 1.82) is 0 Å². The smallest absolute Gasteiger partial charge is 0.247 e. The van der Waals surface area contributed by atoms with Crippen molar-refractivity contribution in [3.63, 3.8) is 0 Å². The molecule has 0 unspecified atom stereocenters. The van der Waals surface area contributed by atoms with Crippen LogP contribution in [0.25, 0.3) is 0 Å². The first kappa shape index (κ1) is 14.0. The zero-order valence-electron chi connectivity index (χ0n) is 11.7. The molecule has 0 bridgehead atoms. The number of hydrogen-bond acceptors (Lipinski definition) is 7. The van der Waals surface area contributed by atoms with Crippen molar-refractivity contribution in [2.75, 3.05) is 63.2 Å². The van der Waals surface area contributed by atoms with Crippen LogP contribution in [0.2, 0.25) is 0 Å². The van der Waals surface area contributed by atoms with Gasteiger partial charge in [-0.15, -0.1) is 5.10 Å². The van der Waals surface area contributed by atoms with Crippen molar-refractivity contribution in [3.05, 3.63) is 6.20 Å². The van der Waals surface area contributed by atoms with Gasteiger partial charge in [-0.2, -0.15) is 10.1 Å². The molecule has 1 aliphatic rings. The van der Waals surface area contributed by atoms with Crippen LogP contribution in [0.3, 0.4) is 0 Å².